The van der Waals surface area contributed by atoms with Crippen molar-refractivity contribution in [2.45, 2.75) is 13.0 Å². The first kappa shape index (κ1) is 7.09. The molecule has 0 aliphatic carbocycles. The molecule has 1 unspecified atom stereocenters. The molecule has 1 aromatic rings. The maximum absolute atomic E-state index is 9.08. The van der Waals surface area contributed by atoms with Gasteiger partial charge in [-0.3, -0.25) is 0 Å². The molecular weight excluding hydrogens is 126 g/mol. The number of hydrogen-bond donors (Lipinski definition) is 1. The molecular formula is C8H11NO. The summed E-state index contributed by atoms with van der Waals surface area (Å²) in [6, 6.07) is 1.87. The molecule has 0 aromatic carbocycles. The van der Waals surface area contributed by atoms with Crippen LogP contribution in [-0.4, -0.2) is 9.67 Å². The zero-order chi connectivity index (χ0) is 7.56. The Morgan fingerprint density at radius 1 is 1.80 bits per heavy atom. The van der Waals surface area contributed by atoms with Crippen LogP contribution in [0.2, 0.25) is 0 Å². The van der Waals surface area contributed by atoms with Crippen molar-refractivity contribution in [3.63, 3.8) is 0 Å². The molecule has 54 valence electrons. The van der Waals surface area contributed by atoms with Gasteiger partial charge in [0.15, 0.2) is 0 Å². The van der Waals surface area contributed by atoms with E-state index in [9.17, 15) is 0 Å². The Balaban J connectivity index is 2.88. The fourth-order valence-electron chi connectivity index (χ4n) is 0.791. The molecule has 0 saturated heterocycles. The molecule has 1 rings (SSSR count). The van der Waals surface area contributed by atoms with E-state index in [2.05, 4.69) is 6.58 Å². The maximum atomic E-state index is 9.08. The van der Waals surface area contributed by atoms with E-state index < -0.39 is 0 Å². The van der Waals surface area contributed by atoms with Crippen molar-refractivity contribution in [3.05, 3.63) is 30.6 Å². The molecule has 1 atom stereocenters. The molecule has 0 radical (unpaired) electrons. The summed E-state index contributed by atoms with van der Waals surface area (Å²) in [6.07, 6.45) is 5.00. The highest BCUT2D eigenvalue weighted by Gasteiger charge is 1.99. The fourth-order valence-corrected chi connectivity index (χ4v) is 0.791. The number of aromatic nitrogens is 1. The molecule has 10 heavy (non-hydrogen) atoms. The molecule has 0 aliphatic rings. The van der Waals surface area contributed by atoms with Crippen molar-refractivity contribution in [1.29, 1.82) is 0 Å². The van der Waals surface area contributed by atoms with Gasteiger partial charge in [0, 0.05) is 18.6 Å². The highest BCUT2D eigenvalue weighted by molar-refractivity contribution is 5.24. The molecule has 0 spiro atoms. The Bertz CT molecular complexity index is 225. The SMILES string of the molecule is C=Cn1ccc(C(C)O)c1. The monoisotopic (exact) mass is 137 g/mol. The van der Waals surface area contributed by atoms with Crippen LogP contribution in [0.25, 0.3) is 6.20 Å². The first-order valence-corrected chi connectivity index (χ1v) is 3.22. The lowest BCUT2D eigenvalue weighted by molar-refractivity contribution is 0.199. The normalized spacial score (nSPS) is 13.0. The Hall–Kier alpha value is -1.02. The van der Waals surface area contributed by atoms with Gasteiger partial charge in [0.25, 0.3) is 0 Å². The Labute approximate surface area is 60.4 Å². The Kier molecular flexibility index (Phi) is 1.92. The second-order valence-corrected chi connectivity index (χ2v) is 2.25. The van der Waals surface area contributed by atoms with E-state index in [1.807, 2.05) is 23.0 Å². The van der Waals surface area contributed by atoms with E-state index in [0.717, 1.165) is 5.56 Å². The minimum Gasteiger partial charge on any atom is -0.389 e. The Morgan fingerprint density at radius 2 is 2.50 bits per heavy atom. The zero-order valence-electron chi connectivity index (χ0n) is 5.99. The number of nitrogens with zero attached hydrogens (tertiary/aromatic N) is 1. The summed E-state index contributed by atoms with van der Waals surface area (Å²) in [5, 5.41) is 9.08. The van der Waals surface area contributed by atoms with Crippen LogP contribution in [0.5, 0.6) is 0 Å². The van der Waals surface area contributed by atoms with Gasteiger partial charge in [-0.2, -0.15) is 0 Å². The second kappa shape index (κ2) is 2.71. The molecule has 0 fully saturated rings. The summed E-state index contributed by atoms with van der Waals surface area (Å²) in [5.74, 6) is 0. The predicted molar refractivity (Wildman–Crippen MR) is 41.5 cm³/mol. The van der Waals surface area contributed by atoms with Gasteiger partial charge in [-0.05, 0) is 18.6 Å². The largest absolute Gasteiger partial charge is 0.389 e. The van der Waals surface area contributed by atoms with Crippen LogP contribution in [0.4, 0.5) is 0 Å². The summed E-state index contributed by atoms with van der Waals surface area (Å²) in [6.45, 7) is 5.32. The fraction of sp³-hybridized carbons (Fsp3) is 0.250. The van der Waals surface area contributed by atoms with Crippen LogP contribution in [-0.2, 0) is 0 Å². The standard InChI is InChI=1S/C8H11NO/c1-3-9-5-4-8(6-9)7(2)10/h3-7,10H,1H2,2H3. The van der Waals surface area contributed by atoms with Crippen LogP contribution >= 0.6 is 0 Å². The molecule has 1 N–H and O–H groups in total. The lowest BCUT2D eigenvalue weighted by Crippen LogP contribution is -1.86. The van der Waals surface area contributed by atoms with Crippen LogP contribution in [0.3, 0.4) is 0 Å². The summed E-state index contributed by atoms with van der Waals surface area (Å²) >= 11 is 0. The van der Waals surface area contributed by atoms with Crippen molar-refractivity contribution in [3.8, 4) is 0 Å². The molecule has 0 bridgehead atoms. The van der Waals surface area contributed by atoms with E-state index in [0.29, 0.717) is 0 Å². The second-order valence-electron chi connectivity index (χ2n) is 2.25. The van der Waals surface area contributed by atoms with E-state index in [4.69, 9.17) is 5.11 Å². The van der Waals surface area contributed by atoms with Gasteiger partial charge in [0.1, 0.15) is 0 Å². The smallest absolute Gasteiger partial charge is 0.0776 e. The number of hydrogen-bond acceptors (Lipinski definition) is 1. The number of aliphatic hydroxyl groups excluding tert-OH is 1. The molecule has 2 nitrogen and oxygen atoms in total. The van der Waals surface area contributed by atoms with E-state index in [-0.39, 0.29) is 6.10 Å². The molecule has 2 heteroatoms. The number of rotatable bonds is 2. The zero-order valence-corrected chi connectivity index (χ0v) is 5.99. The van der Waals surface area contributed by atoms with Gasteiger partial charge < -0.3 is 9.67 Å². The Morgan fingerprint density at radius 3 is 2.80 bits per heavy atom. The van der Waals surface area contributed by atoms with Gasteiger partial charge in [-0.25, -0.2) is 0 Å². The summed E-state index contributed by atoms with van der Waals surface area (Å²) in [4.78, 5) is 0. The quantitative estimate of drug-likeness (QED) is 0.658. The van der Waals surface area contributed by atoms with Crippen LogP contribution in [0.1, 0.15) is 18.6 Å². The van der Waals surface area contributed by atoms with Crippen LogP contribution in [0, 0.1) is 0 Å². The molecule has 0 saturated carbocycles. The minimum atomic E-state index is -0.388. The van der Waals surface area contributed by atoms with Gasteiger partial charge in [-0.1, -0.05) is 6.58 Å². The van der Waals surface area contributed by atoms with Gasteiger partial charge >= 0.3 is 0 Å². The summed E-state index contributed by atoms with van der Waals surface area (Å²) < 4.78 is 1.81. The summed E-state index contributed by atoms with van der Waals surface area (Å²) in [7, 11) is 0. The third kappa shape index (κ3) is 1.28. The first-order chi connectivity index (χ1) is 4.74. The van der Waals surface area contributed by atoms with Gasteiger partial charge in [-0.15, -0.1) is 0 Å². The molecule has 0 amide bonds. The molecule has 1 aromatic heterocycles. The van der Waals surface area contributed by atoms with E-state index in [1.54, 1.807) is 13.1 Å². The molecule has 1 heterocycles. The lowest BCUT2D eigenvalue weighted by Gasteiger charge is -1.97. The lowest BCUT2D eigenvalue weighted by atomic mass is 10.2. The minimum absolute atomic E-state index is 0.388. The van der Waals surface area contributed by atoms with Crippen LogP contribution in [0.15, 0.2) is 25.0 Å². The highest BCUT2D eigenvalue weighted by Crippen LogP contribution is 2.11. The average molecular weight is 137 g/mol. The maximum Gasteiger partial charge on any atom is 0.0776 e. The summed E-state index contributed by atoms with van der Waals surface area (Å²) in [5.41, 5.74) is 0.917. The van der Waals surface area contributed by atoms with E-state index in [1.165, 1.54) is 0 Å². The topological polar surface area (TPSA) is 25.2 Å². The molecule has 0 aliphatic heterocycles. The third-order valence-electron chi connectivity index (χ3n) is 1.43. The predicted octanol–water partition coefficient (Wildman–Crippen LogP) is 1.64. The number of aliphatic hydroxyl groups is 1. The van der Waals surface area contributed by atoms with Crippen molar-refractivity contribution >= 4 is 6.20 Å². The van der Waals surface area contributed by atoms with Crippen molar-refractivity contribution in [1.82, 2.24) is 4.57 Å². The third-order valence-corrected chi connectivity index (χ3v) is 1.43. The van der Waals surface area contributed by atoms with E-state index >= 15 is 0 Å². The van der Waals surface area contributed by atoms with Crippen LogP contribution < -0.4 is 0 Å². The highest BCUT2D eigenvalue weighted by atomic mass is 16.3. The van der Waals surface area contributed by atoms with Crippen molar-refractivity contribution < 1.29 is 5.11 Å². The first-order valence-electron chi connectivity index (χ1n) is 3.22. The van der Waals surface area contributed by atoms with Crippen molar-refractivity contribution in [2.75, 3.05) is 0 Å². The van der Waals surface area contributed by atoms with Gasteiger partial charge in [0.05, 0.1) is 6.10 Å². The average Bonchev–Trinajstić information content (AvgIpc) is 2.34. The van der Waals surface area contributed by atoms with Gasteiger partial charge in [0.2, 0.25) is 0 Å². The van der Waals surface area contributed by atoms with Crippen molar-refractivity contribution in [2.24, 2.45) is 0 Å².